The van der Waals surface area contributed by atoms with Gasteiger partial charge in [-0.1, -0.05) is 24.3 Å². The van der Waals surface area contributed by atoms with Gasteiger partial charge in [0.15, 0.2) is 0 Å². The molecular weight excluding hydrogens is 336 g/mol. The minimum atomic E-state index is -0.626. The summed E-state index contributed by atoms with van der Waals surface area (Å²) in [6.45, 7) is 1.89. The number of likely N-dealkylation sites (N-methyl/N-ethyl adjacent to an activating group) is 1. The molecule has 136 valence electrons. The van der Waals surface area contributed by atoms with Crippen molar-refractivity contribution < 1.29 is 14.5 Å². The van der Waals surface area contributed by atoms with Crippen molar-refractivity contribution >= 4 is 23.2 Å². The number of primary amides is 1. The predicted molar refractivity (Wildman–Crippen MR) is 97.7 cm³/mol. The van der Waals surface area contributed by atoms with Gasteiger partial charge in [0.1, 0.15) is 0 Å². The molecule has 0 saturated heterocycles. The number of nitro groups is 1. The van der Waals surface area contributed by atoms with Crippen molar-refractivity contribution in [1.82, 2.24) is 4.90 Å². The molecule has 2 amide bonds. The zero-order chi connectivity index (χ0) is 19.3. The largest absolute Gasteiger partial charge is 0.366 e. The lowest BCUT2D eigenvalue weighted by atomic mass is 10.1. The maximum atomic E-state index is 12.3. The molecule has 8 heteroatoms. The fraction of sp³-hybridized carbons (Fsp3) is 0.222. The van der Waals surface area contributed by atoms with Crippen LogP contribution in [0.5, 0.6) is 0 Å². The van der Waals surface area contributed by atoms with E-state index in [-0.39, 0.29) is 29.7 Å². The molecule has 0 bridgehead atoms. The number of nitro benzene ring substituents is 1. The SMILES string of the molecule is CC(c1cccc([N+](=O)[O-])c1)N(C)CC(=O)Nc1ccccc1C(N)=O. The highest BCUT2D eigenvalue weighted by atomic mass is 16.6. The minimum absolute atomic E-state index is 0.00240. The first-order valence-corrected chi connectivity index (χ1v) is 7.93. The number of nitrogens with one attached hydrogen (secondary N) is 1. The summed E-state index contributed by atoms with van der Waals surface area (Å²) in [7, 11) is 1.74. The van der Waals surface area contributed by atoms with Gasteiger partial charge in [-0.2, -0.15) is 0 Å². The van der Waals surface area contributed by atoms with E-state index >= 15 is 0 Å². The van der Waals surface area contributed by atoms with Gasteiger partial charge >= 0.3 is 0 Å². The average Bonchev–Trinajstić information content (AvgIpc) is 2.61. The van der Waals surface area contributed by atoms with Crippen LogP contribution in [0.15, 0.2) is 48.5 Å². The van der Waals surface area contributed by atoms with Gasteiger partial charge in [0.25, 0.3) is 11.6 Å². The topological polar surface area (TPSA) is 119 Å². The highest BCUT2D eigenvalue weighted by Crippen LogP contribution is 2.23. The molecule has 0 spiro atoms. The Morgan fingerprint density at radius 3 is 2.58 bits per heavy atom. The molecule has 0 aromatic heterocycles. The van der Waals surface area contributed by atoms with Crippen molar-refractivity contribution in [2.45, 2.75) is 13.0 Å². The molecule has 0 fully saturated rings. The van der Waals surface area contributed by atoms with Crippen molar-refractivity contribution in [3.05, 3.63) is 69.8 Å². The van der Waals surface area contributed by atoms with Crippen LogP contribution in [-0.2, 0) is 4.79 Å². The summed E-state index contributed by atoms with van der Waals surface area (Å²) < 4.78 is 0. The van der Waals surface area contributed by atoms with E-state index in [9.17, 15) is 19.7 Å². The fourth-order valence-corrected chi connectivity index (χ4v) is 2.51. The molecule has 2 aromatic carbocycles. The Labute approximate surface area is 150 Å². The van der Waals surface area contributed by atoms with Crippen molar-refractivity contribution in [2.24, 2.45) is 5.73 Å². The number of nitrogens with two attached hydrogens (primary N) is 1. The normalized spacial score (nSPS) is 11.8. The van der Waals surface area contributed by atoms with Crippen molar-refractivity contribution in [2.75, 3.05) is 18.9 Å². The van der Waals surface area contributed by atoms with Crippen LogP contribution in [0.25, 0.3) is 0 Å². The number of hydrogen-bond donors (Lipinski definition) is 2. The third-order valence-electron chi connectivity index (χ3n) is 4.08. The molecule has 3 N–H and O–H groups in total. The van der Waals surface area contributed by atoms with Gasteiger partial charge in [-0.3, -0.25) is 24.6 Å². The number of rotatable bonds is 7. The van der Waals surface area contributed by atoms with Gasteiger partial charge in [-0.15, -0.1) is 0 Å². The summed E-state index contributed by atoms with van der Waals surface area (Å²) in [5.41, 5.74) is 6.61. The van der Waals surface area contributed by atoms with E-state index in [1.54, 1.807) is 42.3 Å². The van der Waals surface area contributed by atoms with Crippen LogP contribution in [0, 0.1) is 10.1 Å². The fourth-order valence-electron chi connectivity index (χ4n) is 2.51. The second-order valence-corrected chi connectivity index (χ2v) is 5.90. The number of hydrogen-bond acceptors (Lipinski definition) is 5. The van der Waals surface area contributed by atoms with Crippen molar-refractivity contribution in [3.63, 3.8) is 0 Å². The molecule has 0 radical (unpaired) electrons. The Morgan fingerprint density at radius 2 is 1.92 bits per heavy atom. The Balaban J connectivity index is 2.06. The third-order valence-corrected chi connectivity index (χ3v) is 4.08. The predicted octanol–water partition coefficient (Wildman–Crippen LogP) is 2.33. The molecule has 2 aromatic rings. The first kappa shape index (κ1) is 19.1. The molecular formula is C18H20N4O4. The first-order valence-electron chi connectivity index (χ1n) is 7.93. The van der Waals surface area contributed by atoms with E-state index in [0.29, 0.717) is 5.69 Å². The van der Waals surface area contributed by atoms with Gasteiger partial charge in [-0.25, -0.2) is 0 Å². The molecule has 0 heterocycles. The number of anilines is 1. The summed E-state index contributed by atoms with van der Waals surface area (Å²) in [5, 5.41) is 13.6. The molecule has 0 aliphatic rings. The summed E-state index contributed by atoms with van der Waals surface area (Å²) in [4.78, 5) is 35.9. The van der Waals surface area contributed by atoms with Crippen LogP contribution in [0.2, 0.25) is 0 Å². The quantitative estimate of drug-likeness (QED) is 0.583. The molecule has 0 saturated carbocycles. The standard InChI is InChI=1S/C18H20N4O4/c1-12(13-6-5-7-14(10-13)22(25)26)21(2)11-17(23)20-16-9-4-3-8-15(16)18(19)24/h3-10,12H,11H2,1-2H3,(H2,19,24)(H,20,23). The van der Waals surface area contributed by atoms with Crippen molar-refractivity contribution in [3.8, 4) is 0 Å². The zero-order valence-corrected chi connectivity index (χ0v) is 14.5. The van der Waals surface area contributed by atoms with Gasteiger partial charge in [0, 0.05) is 18.2 Å². The van der Waals surface area contributed by atoms with Gasteiger partial charge in [-0.05, 0) is 31.7 Å². The van der Waals surface area contributed by atoms with Gasteiger partial charge in [0.2, 0.25) is 5.91 Å². The molecule has 0 aliphatic heterocycles. The van der Waals surface area contributed by atoms with Crippen LogP contribution >= 0.6 is 0 Å². The van der Waals surface area contributed by atoms with Crippen molar-refractivity contribution in [1.29, 1.82) is 0 Å². The summed E-state index contributed by atoms with van der Waals surface area (Å²) in [6, 6.07) is 12.6. The summed E-state index contributed by atoms with van der Waals surface area (Å²) >= 11 is 0. The number of carbonyl (C=O) groups is 2. The highest BCUT2D eigenvalue weighted by Gasteiger charge is 2.18. The summed E-state index contributed by atoms with van der Waals surface area (Å²) in [5.74, 6) is -0.947. The average molecular weight is 356 g/mol. The Bertz CT molecular complexity index is 837. The smallest absolute Gasteiger partial charge is 0.269 e. The molecule has 1 unspecified atom stereocenters. The number of nitrogens with zero attached hydrogens (tertiary/aromatic N) is 2. The van der Waals surface area contributed by atoms with Crippen LogP contribution in [-0.4, -0.2) is 35.2 Å². The second kappa shape index (κ2) is 8.21. The lowest BCUT2D eigenvalue weighted by Gasteiger charge is -2.24. The van der Waals surface area contributed by atoms with E-state index in [0.717, 1.165) is 5.56 Å². The van der Waals surface area contributed by atoms with E-state index in [4.69, 9.17) is 5.73 Å². The van der Waals surface area contributed by atoms with Gasteiger partial charge < -0.3 is 11.1 Å². The lowest BCUT2D eigenvalue weighted by Crippen LogP contribution is -2.32. The molecule has 2 rings (SSSR count). The van der Waals surface area contributed by atoms with E-state index < -0.39 is 10.8 Å². The highest BCUT2D eigenvalue weighted by molar-refractivity contribution is 6.03. The van der Waals surface area contributed by atoms with E-state index in [2.05, 4.69) is 5.32 Å². The molecule has 0 aliphatic carbocycles. The summed E-state index contributed by atoms with van der Waals surface area (Å²) in [6.07, 6.45) is 0. The number of amides is 2. The second-order valence-electron chi connectivity index (χ2n) is 5.90. The van der Waals surface area contributed by atoms with Gasteiger partial charge in [0.05, 0.1) is 22.7 Å². The number of benzene rings is 2. The van der Waals surface area contributed by atoms with Crippen LogP contribution in [0.3, 0.4) is 0 Å². The zero-order valence-electron chi connectivity index (χ0n) is 14.5. The monoisotopic (exact) mass is 356 g/mol. The Kier molecular flexibility index (Phi) is 6.03. The Morgan fingerprint density at radius 1 is 1.23 bits per heavy atom. The van der Waals surface area contributed by atoms with Crippen LogP contribution in [0.4, 0.5) is 11.4 Å². The molecule has 26 heavy (non-hydrogen) atoms. The lowest BCUT2D eigenvalue weighted by molar-refractivity contribution is -0.384. The number of carbonyl (C=O) groups excluding carboxylic acids is 2. The maximum Gasteiger partial charge on any atom is 0.269 e. The van der Waals surface area contributed by atoms with Crippen LogP contribution in [0.1, 0.15) is 28.9 Å². The molecule has 1 atom stereocenters. The molecule has 8 nitrogen and oxygen atoms in total. The van der Waals surface area contributed by atoms with E-state index in [1.165, 1.54) is 18.2 Å². The maximum absolute atomic E-state index is 12.3. The number of para-hydroxylation sites is 1. The van der Waals surface area contributed by atoms with E-state index in [1.807, 2.05) is 6.92 Å². The minimum Gasteiger partial charge on any atom is -0.366 e. The first-order chi connectivity index (χ1) is 12.3. The van der Waals surface area contributed by atoms with Crippen LogP contribution < -0.4 is 11.1 Å². The third kappa shape index (κ3) is 4.64. The number of non-ortho nitro benzene ring substituents is 1. The Hall–Kier alpha value is -3.26.